The van der Waals surface area contributed by atoms with E-state index >= 15 is 0 Å². The van der Waals surface area contributed by atoms with Crippen LogP contribution in [0.15, 0.2) is 24.3 Å². The van der Waals surface area contributed by atoms with Gasteiger partial charge in [0.05, 0.1) is 0 Å². The van der Waals surface area contributed by atoms with Gasteiger partial charge in [-0.25, -0.2) is 0 Å². The zero-order valence-corrected chi connectivity index (χ0v) is 10.3. The summed E-state index contributed by atoms with van der Waals surface area (Å²) < 4.78 is 0. The Kier molecular flexibility index (Phi) is 5.74. The molecular weight excluding hydrogens is 206 g/mol. The maximum Gasteiger partial charge on any atom is 0.0406 e. The van der Waals surface area contributed by atoms with Crippen molar-refractivity contribution in [3.05, 3.63) is 34.9 Å². The van der Waals surface area contributed by atoms with Gasteiger partial charge in [-0.15, -0.1) is 0 Å². The van der Waals surface area contributed by atoms with Crippen molar-refractivity contribution in [2.45, 2.75) is 26.7 Å². The normalized spacial score (nSPS) is 10.9. The summed E-state index contributed by atoms with van der Waals surface area (Å²) >= 11 is 5.81. The second kappa shape index (κ2) is 6.86. The van der Waals surface area contributed by atoms with Crippen molar-refractivity contribution in [2.24, 2.45) is 5.92 Å². The Morgan fingerprint density at radius 1 is 1.13 bits per heavy atom. The average Bonchev–Trinajstić information content (AvgIpc) is 2.20. The first kappa shape index (κ1) is 12.5. The number of rotatable bonds is 6. The summed E-state index contributed by atoms with van der Waals surface area (Å²) in [5.74, 6) is 0.785. The monoisotopic (exact) mass is 225 g/mol. The Morgan fingerprint density at radius 2 is 1.80 bits per heavy atom. The molecule has 0 saturated carbocycles. The van der Waals surface area contributed by atoms with E-state index in [-0.39, 0.29) is 0 Å². The predicted molar refractivity (Wildman–Crippen MR) is 67.5 cm³/mol. The standard InChI is InChI=1S/C13H20ClN/c1-11(2)7-9-15-10-8-12-3-5-13(14)6-4-12/h3-6,11,15H,7-10H2,1-2H3. The van der Waals surface area contributed by atoms with Crippen LogP contribution in [0.1, 0.15) is 25.8 Å². The lowest BCUT2D eigenvalue weighted by Crippen LogP contribution is -2.19. The first-order valence-corrected chi connectivity index (χ1v) is 6.01. The second-order valence-corrected chi connectivity index (χ2v) is 4.75. The number of halogens is 1. The Labute approximate surface area is 97.8 Å². The van der Waals surface area contributed by atoms with Crippen molar-refractivity contribution in [1.82, 2.24) is 5.32 Å². The molecular formula is C13H20ClN. The zero-order chi connectivity index (χ0) is 11.1. The molecule has 0 spiro atoms. The van der Waals surface area contributed by atoms with Crippen LogP contribution in [0.2, 0.25) is 5.02 Å². The quantitative estimate of drug-likeness (QED) is 0.731. The summed E-state index contributed by atoms with van der Waals surface area (Å²) in [6.07, 6.45) is 2.33. The summed E-state index contributed by atoms with van der Waals surface area (Å²) in [5.41, 5.74) is 1.34. The topological polar surface area (TPSA) is 12.0 Å². The van der Waals surface area contributed by atoms with Crippen LogP contribution in [0.4, 0.5) is 0 Å². The van der Waals surface area contributed by atoms with Crippen LogP contribution < -0.4 is 5.32 Å². The molecule has 0 amide bonds. The largest absolute Gasteiger partial charge is 0.316 e. The zero-order valence-electron chi connectivity index (χ0n) is 9.59. The SMILES string of the molecule is CC(C)CCNCCc1ccc(Cl)cc1. The van der Waals surface area contributed by atoms with Crippen LogP contribution in [0.3, 0.4) is 0 Å². The molecule has 0 heterocycles. The van der Waals surface area contributed by atoms with E-state index in [9.17, 15) is 0 Å². The van der Waals surface area contributed by atoms with Crippen LogP contribution in [0, 0.1) is 5.92 Å². The Bertz CT molecular complexity index is 266. The van der Waals surface area contributed by atoms with Crippen molar-refractivity contribution >= 4 is 11.6 Å². The molecule has 0 aliphatic carbocycles. The molecule has 1 N–H and O–H groups in total. The fraction of sp³-hybridized carbons (Fsp3) is 0.538. The van der Waals surface area contributed by atoms with E-state index in [4.69, 9.17) is 11.6 Å². The smallest absolute Gasteiger partial charge is 0.0406 e. The Morgan fingerprint density at radius 3 is 2.40 bits per heavy atom. The van der Waals surface area contributed by atoms with Gasteiger partial charge in [0.15, 0.2) is 0 Å². The molecule has 1 nitrogen and oxygen atoms in total. The molecule has 0 aliphatic rings. The molecule has 0 bridgehead atoms. The molecule has 15 heavy (non-hydrogen) atoms. The highest BCUT2D eigenvalue weighted by atomic mass is 35.5. The minimum absolute atomic E-state index is 0.785. The van der Waals surface area contributed by atoms with Crippen molar-refractivity contribution in [3.8, 4) is 0 Å². The van der Waals surface area contributed by atoms with Crippen molar-refractivity contribution in [2.75, 3.05) is 13.1 Å². The lowest BCUT2D eigenvalue weighted by Gasteiger charge is -2.06. The molecule has 0 radical (unpaired) electrons. The lowest BCUT2D eigenvalue weighted by atomic mass is 10.1. The molecule has 0 unspecified atom stereocenters. The van der Waals surface area contributed by atoms with Gasteiger partial charge in [-0.3, -0.25) is 0 Å². The molecule has 1 aromatic rings. The van der Waals surface area contributed by atoms with Crippen LogP contribution in [0.5, 0.6) is 0 Å². The van der Waals surface area contributed by atoms with E-state index in [0.29, 0.717) is 0 Å². The number of hydrogen-bond acceptors (Lipinski definition) is 1. The maximum atomic E-state index is 5.81. The highest BCUT2D eigenvalue weighted by molar-refractivity contribution is 6.30. The molecule has 1 rings (SSSR count). The highest BCUT2D eigenvalue weighted by Gasteiger charge is 1.95. The van der Waals surface area contributed by atoms with Crippen LogP contribution in [-0.2, 0) is 6.42 Å². The van der Waals surface area contributed by atoms with Crippen molar-refractivity contribution < 1.29 is 0 Å². The molecule has 0 fully saturated rings. The predicted octanol–water partition coefficient (Wildman–Crippen LogP) is 3.52. The molecule has 0 aromatic heterocycles. The van der Waals surface area contributed by atoms with E-state index in [1.807, 2.05) is 12.1 Å². The summed E-state index contributed by atoms with van der Waals surface area (Å²) in [4.78, 5) is 0. The van der Waals surface area contributed by atoms with Gasteiger partial charge in [0.25, 0.3) is 0 Å². The van der Waals surface area contributed by atoms with Gasteiger partial charge in [-0.05, 0) is 49.5 Å². The number of nitrogens with one attached hydrogen (secondary N) is 1. The van der Waals surface area contributed by atoms with E-state index in [2.05, 4.69) is 31.3 Å². The van der Waals surface area contributed by atoms with Gasteiger partial charge in [0, 0.05) is 5.02 Å². The Balaban J connectivity index is 2.12. The molecule has 1 aromatic carbocycles. The third-order valence-electron chi connectivity index (χ3n) is 2.40. The summed E-state index contributed by atoms with van der Waals surface area (Å²) in [6.45, 7) is 6.67. The molecule has 0 atom stereocenters. The Hall–Kier alpha value is -0.530. The van der Waals surface area contributed by atoms with Crippen molar-refractivity contribution in [1.29, 1.82) is 0 Å². The van der Waals surface area contributed by atoms with Crippen LogP contribution >= 0.6 is 11.6 Å². The summed E-state index contributed by atoms with van der Waals surface area (Å²) in [7, 11) is 0. The first-order chi connectivity index (χ1) is 7.18. The molecule has 84 valence electrons. The summed E-state index contributed by atoms with van der Waals surface area (Å²) in [5, 5.41) is 4.26. The number of benzene rings is 1. The minimum Gasteiger partial charge on any atom is -0.316 e. The lowest BCUT2D eigenvalue weighted by molar-refractivity contribution is 0.539. The van der Waals surface area contributed by atoms with E-state index < -0.39 is 0 Å². The first-order valence-electron chi connectivity index (χ1n) is 5.63. The van der Waals surface area contributed by atoms with E-state index in [1.165, 1.54) is 12.0 Å². The maximum absolute atomic E-state index is 5.81. The molecule has 0 aliphatic heterocycles. The average molecular weight is 226 g/mol. The third kappa shape index (κ3) is 5.81. The van der Waals surface area contributed by atoms with Gasteiger partial charge >= 0.3 is 0 Å². The summed E-state index contributed by atoms with van der Waals surface area (Å²) in [6, 6.07) is 8.08. The van der Waals surface area contributed by atoms with Crippen LogP contribution in [-0.4, -0.2) is 13.1 Å². The highest BCUT2D eigenvalue weighted by Crippen LogP contribution is 2.09. The van der Waals surface area contributed by atoms with Gasteiger partial charge in [-0.2, -0.15) is 0 Å². The van der Waals surface area contributed by atoms with Crippen LogP contribution in [0.25, 0.3) is 0 Å². The molecule has 0 saturated heterocycles. The second-order valence-electron chi connectivity index (χ2n) is 4.31. The van der Waals surface area contributed by atoms with Gasteiger partial charge < -0.3 is 5.32 Å². The van der Waals surface area contributed by atoms with Gasteiger partial charge in [-0.1, -0.05) is 37.6 Å². The minimum atomic E-state index is 0.785. The molecule has 2 heteroatoms. The van der Waals surface area contributed by atoms with E-state index in [1.54, 1.807) is 0 Å². The fourth-order valence-corrected chi connectivity index (χ4v) is 1.53. The number of hydrogen-bond donors (Lipinski definition) is 1. The van der Waals surface area contributed by atoms with Gasteiger partial charge in [0.2, 0.25) is 0 Å². The van der Waals surface area contributed by atoms with E-state index in [0.717, 1.165) is 30.5 Å². The fourth-order valence-electron chi connectivity index (χ4n) is 1.40. The third-order valence-corrected chi connectivity index (χ3v) is 2.65. The van der Waals surface area contributed by atoms with Gasteiger partial charge in [0.1, 0.15) is 0 Å². The van der Waals surface area contributed by atoms with Crippen molar-refractivity contribution in [3.63, 3.8) is 0 Å².